The minimum Gasteiger partial charge on any atom is -0.310 e. The molecule has 3 heteroatoms. The van der Waals surface area contributed by atoms with Gasteiger partial charge in [-0.15, -0.1) is 0 Å². The molecule has 0 saturated heterocycles. The normalized spacial score (nSPS) is 14.1. The topological polar surface area (TPSA) is 29.9 Å². The summed E-state index contributed by atoms with van der Waals surface area (Å²) in [6, 6.07) is 2.54. The number of aryl methyl sites for hydroxylation is 1. The van der Waals surface area contributed by atoms with Crippen LogP contribution in [0.15, 0.2) is 12.3 Å². The third kappa shape index (κ3) is 4.35. The van der Waals surface area contributed by atoms with Gasteiger partial charge in [0.25, 0.3) is 0 Å². The predicted molar refractivity (Wildman–Crippen MR) is 68.7 cm³/mol. The van der Waals surface area contributed by atoms with E-state index in [0.717, 1.165) is 12.2 Å². The molecule has 0 saturated carbocycles. The van der Waals surface area contributed by atoms with Gasteiger partial charge in [-0.1, -0.05) is 13.3 Å². The summed E-state index contributed by atoms with van der Waals surface area (Å²) in [4.78, 5) is 0. The average molecular weight is 223 g/mol. The molecule has 1 aromatic heterocycles. The van der Waals surface area contributed by atoms with Gasteiger partial charge in [-0.3, -0.25) is 4.68 Å². The van der Waals surface area contributed by atoms with Crippen molar-refractivity contribution in [1.29, 1.82) is 0 Å². The fraction of sp³-hybridized carbons (Fsp3) is 0.769. The van der Waals surface area contributed by atoms with Gasteiger partial charge in [0.2, 0.25) is 0 Å². The van der Waals surface area contributed by atoms with Crippen molar-refractivity contribution < 1.29 is 0 Å². The Hall–Kier alpha value is -0.830. The molecular weight excluding hydrogens is 198 g/mol. The second-order valence-corrected chi connectivity index (χ2v) is 5.51. The maximum atomic E-state index is 4.51. The maximum Gasteiger partial charge on any atom is 0.0643 e. The largest absolute Gasteiger partial charge is 0.310 e. The van der Waals surface area contributed by atoms with E-state index in [1.165, 1.54) is 12.8 Å². The van der Waals surface area contributed by atoms with E-state index in [1.807, 2.05) is 6.92 Å². The molecule has 0 amide bonds. The Labute approximate surface area is 99.2 Å². The molecule has 1 aromatic rings. The van der Waals surface area contributed by atoms with Gasteiger partial charge in [0.1, 0.15) is 0 Å². The number of aromatic nitrogens is 2. The van der Waals surface area contributed by atoms with Crippen LogP contribution in [0.5, 0.6) is 0 Å². The van der Waals surface area contributed by atoms with E-state index in [-0.39, 0.29) is 5.54 Å². The summed E-state index contributed by atoms with van der Waals surface area (Å²) < 4.78 is 2.09. The van der Waals surface area contributed by atoms with Crippen molar-refractivity contribution in [2.45, 2.75) is 59.0 Å². The summed E-state index contributed by atoms with van der Waals surface area (Å²) in [5, 5.41) is 8.06. The Kier molecular flexibility index (Phi) is 4.54. The van der Waals surface area contributed by atoms with Crippen LogP contribution < -0.4 is 5.32 Å². The standard InChI is InChI=1S/C13H25N3/c1-6-7-12(10-14-13(3,4)5)16-9-8-11(2)15-16/h8-9,12,14H,6-7,10H2,1-5H3. The molecule has 0 fully saturated rings. The molecule has 0 radical (unpaired) electrons. The van der Waals surface area contributed by atoms with Gasteiger partial charge in [0.05, 0.1) is 11.7 Å². The van der Waals surface area contributed by atoms with Crippen LogP contribution in [0, 0.1) is 6.92 Å². The van der Waals surface area contributed by atoms with Gasteiger partial charge in [-0.2, -0.15) is 5.10 Å². The lowest BCUT2D eigenvalue weighted by Crippen LogP contribution is -2.39. The zero-order chi connectivity index (χ0) is 12.2. The fourth-order valence-electron chi connectivity index (χ4n) is 1.72. The van der Waals surface area contributed by atoms with Crippen LogP contribution in [0.4, 0.5) is 0 Å². The lowest BCUT2D eigenvalue weighted by Gasteiger charge is -2.25. The fourth-order valence-corrected chi connectivity index (χ4v) is 1.72. The van der Waals surface area contributed by atoms with Gasteiger partial charge in [0.15, 0.2) is 0 Å². The van der Waals surface area contributed by atoms with Crippen molar-refractivity contribution in [2.24, 2.45) is 0 Å². The van der Waals surface area contributed by atoms with Gasteiger partial charge in [-0.25, -0.2) is 0 Å². The molecule has 0 aliphatic carbocycles. The Morgan fingerprint density at radius 2 is 2.12 bits per heavy atom. The first-order chi connectivity index (χ1) is 7.42. The van der Waals surface area contributed by atoms with Crippen LogP contribution in [-0.4, -0.2) is 21.9 Å². The first kappa shape index (κ1) is 13.2. The molecule has 92 valence electrons. The molecule has 1 N–H and O–H groups in total. The number of rotatable bonds is 5. The Morgan fingerprint density at radius 1 is 1.44 bits per heavy atom. The Morgan fingerprint density at radius 3 is 2.56 bits per heavy atom. The third-order valence-electron chi connectivity index (χ3n) is 2.61. The van der Waals surface area contributed by atoms with Crippen molar-refractivity contribution in [2.75, 3.05) is 6.54 Å². The minimum atomic E-state index is 0.175. The third-order valence-corrected chi connectivity index (χ3v) is 2.61. The molecule has 0 aromatic carbocycles. The van der Waals surface area contributed by atoms with E-state index in [2.05, 4.69) is 55.1 Å². The summed E-state index contributed by atoms with van der Waals surface area (Å²) in [5.41, 5.74) is 1.27. The van der Waals surface area contributed by atoms with Gasteiger partial charge in [-0.05, 0) is 40.2 Å². The van der Waals surface area contributed by atoms with Crippen LogP contribution in [0.2, 0.25) is 0 Å². The van der Waals surface area contributed by atoms with Crippen molar-refractivity contribution in [3.05, 3.63) is 18.0 Å². The summed E-state index contributed by atoms with van der Waals surface area (Å²) in [6.45, 7) is 11.8. The lowest BCUT2D eigenvalue weighted by molar-refractivity contribution is 0.336. The lowest BCUT2D eigenvalue weighted by atomic mass is 10.1. The first-order valence-corrected chi connectivity index (χ1v) is 6.19. The van der Waals surface area contributed by atoms with Gasteiger partial charge < -0.3 is 5.32 Å². The smallest absolute Gasteiger partial charge is 0.0643 e. The molecule has 1 heterocycles. The summed E-state index contributed by atoms with van der Waals surface area (Å²) in [7, 11) is 0. The van der Waals surface area contributed by atoms with E-state index in [1.54, 1.807) is 0 Å². The van der Waals surface area contributed by atoms with Crippen LogP contribution in [0.3, 0.4) is 0 Å². The zero-order valence-corrected chi connectivity index (χ0v) is 11.2. The number of nitrogens with one attached hydrogen (secondary N) is 1. The van der Waals surface area contributed by atoms with Crippen LogP contribution >= 0.6 is 0 Å². The first-order valence-electron chi connectivity index (χ1n) is 6.19. The highest BCUT2D eigenvalue weighted by Gasteiger charge is 2.15. The highest BCUT2D eigenvalue weighted by Crippen LogP contribution is 2.14. The van der Waals surface area contributed by atoms with Crippen molar-refractivity contribution in [3.63, 3.8) is 0 Å². The highest BCUT2D eigenvalue weighted by atomic mass is 15.3. The van der Waals surface area contributed by atoms with E-state index in [4.69, 9.17) is 0 Å². The number of hydrogen-bond acceptors (Lipinski definition) is 2. The molecular formula is C13H25N3. The minimum absolute atomic E-state index is 0.175. The monoisotopic (exact) mass is 223 g/mol. The van der Waals surface area contributed by atoms with Crippen LogP contribution in [0.1, 0.15) is 52.3 Å². The van der Waals surface area contributed by atoms with E-state index in [0.29, 0.717) is 6.04 Å². The van der Waals surface area contributed by atoms with E-state index in [9.17, 15) is 0 Å². The Bertz CT molecular complexity index is 309. The number of hydrogen-bond donors (Lipinski definition) is 1. The molecule has 1 atom stereocenters. The zero-order valence-electron chi connectivity index (χ0n) is 11.2. The quantitative estimate of drug-likeness (QED) is 0.832. The highest BCUT2D eigenvalue weighted by molar-refractivity contribution is 4.96. The van der Waals surface area contributed by atoms with Crippen molar-refractivity contribution >= 4 is 0 Å². The molecule has 0 spiro atoms. The molecule has 3 nitrogen and oxygen atoms in total. The molecule has 0 aliphatic heterocycles. The summed E-state index contributed by atoms with van der Waals surface area (Å²) in [5.74, 6) is 0. The number of nitrogens with zero attached hydrogens (tertiary/aromatic N) is 2. The summed E-state index contributed by atoms with van der Waals surface area (Å²) >= 11 is 0. The van der Waals surface area contributed by atoms with Crippen molar-refractivity contribution in [1.82, 2.24) is 15.1 Å². The van der Waals surface area contributed by atoms with E-state index >= 15 is 0 Å². The maximum absolute atomic E-state index is 4.51. The predicted octanol–water partition coefficient (Wildman–Crippen LogP) is 2.92. The van der Waals surface area contributed by atoms with Crippen LogP contribution in [-0.2, 0) is 0 Å². The molecule has 0 bridgehead atoms. The molecule has 0 aliphatic rings. The van der Waals surface area contributed by atoms with E-state index < -0.39 is 0 Å². The molecule has 1 unspecified atom stereocenters. The second kappa shape index (κ2) is 5.48. The average Bonchev–Trinajstić information content (AvgIpc) is 2.57. The van der Waals surface area contributed by atoms with Gasteiger partial charge >= 0.3 is 0 Å². The van der Waals surface area contributed by atoms with Crippen molar-refractivity contribution in [3.8, 4) is 0 Å². The molecule has 1 rings (SSSR count). The summed E-state index contributed by atoms with van der Waals surface area (Å²) in [6.07, 6.45) is 4.44. The SMILES string of the molecule is CCCC(CNC(C)(C)C)n1ccc(C)n1. The van der Waals surface area contributed by atoms with Gasteiger partial charge in [0, 0.05) is 18.3 Å². The second-order valence-electron chi connectivity index (χ2n) is 5.51. The Balaban J connectivity index is 2.61. The van der Waals surface area contributed by atoms with Crippen LogP contribution in [0.25, 0.3) is 0 Å². The molecule has 16 heavy (non-hydrogen) atoms.